The molecule has 8 nitrogen and oxygen atoms in total. The Hall–Kier alpha value is -2.75. The topological polar surface area (TPSA) is 104 Å². The molecule has 162 valence electrons. The fourth-order valence-electron chi connectivity index (χ4n) is 4.33. The van der Waals surface area contributed by atoms with Crippen LogP contribution in [0.5, 0.6) is 0 Å². The molecule has 1 fully saturated rings. The molecule has 3 aromatic rings. The summed E-state index contributed by atoms with van der Waals surface area (Å²) in [5.74, 6) is 0.956. The van der Waals surface area contributed by atoms with E-state index in [1.807, 2.05) is 0 Å². The molecule has 0 atom stereocenters. The van der Waals surface area contributed by atoms with Crippen LogP contribution in [-0.4, -0.2) is 41.8 Å². The predicted octanol–water partition coefficient (Wildman–Crippen LogP) is 4.14. The number of benzene rings is 1. The van der Waals surface area contributed by atoms with Gasteiger partial charge in [0.15, 0.2) is 0 Å². The highest BCUT2D eigenvalue weighted by molar-refractivity contribution is 7.22. The first-order valence-corrected chi connectivity index (χ1v) is 11.1. The van der Waals surface area contributed by atoms with Crippen molar-refractivity contribution in [2.75, 3.05) is 36.9 Å². The number of aromatic nitrogens is 1. The van der Waals surface area contributed by atoms with Gasteiger partial charge in [-0.3, -0.25) is 10.1 Å². The minimum Gasteiger partial charge on any atom is -0.397 e. The molecule has 2 aliphatic rings. The van der Waals surface area contributed by atoms with Gasteiger partial charge in [0.1, 0.15) is 10.6 Å². The summed E-state index contributed by atoms with van der Waals surface area (Å²) in [6, 6.07) is 6.53. The first-order chi connectivity index (χ1) is 14.8. The number of rotatable bonds is 3. The Morgan fingerprint density at radius 2 is 1.90 bits per heavy atom. The van der Waals surface area contributed by atoms with E-state index in [4.69, 9.17) is 20.2 Å². The molecule has 2 aromatic heterocycles. The molecule has 31 heavy (non-hydrogen) atoms. The summed E-state index contributed by atoms with van der Waals surface area (Å²) in [6.45, 7) is 7.64. The third-order valence-electron chi connectivity index (χ3n) is 5.93. The van der Waals surface area contributed by atoms with Crippen molar-refractivity contribution in [3.63, 3.8) is 0 Å². The van der Waals surface area contributed by atoms with E-state index in [0.29, 0.717) is 25.5 Å². The highest BCUT2D eigenvalue weighted by Crippen LogP contribution is 2.47. The molecule has 4 heterocycles. The number of morpholine rings is 1. The van der Waals surface area contributed by atoms with Crippen molar-refractivity contribution in [1.82, 2.24) is 4.98 Å². The summed E-state index contributed by atoms with van der Waals surface area (Å²) in [5.41, 5.74) is 10.3. The Balaban J connectivity index is 1.69. The molecule has 0 bridgehead atoms. The Kier molecular flexibility index (Phi) is 4.84. The van der Waals surface area contributed by atoms with Gasteiger partial charge >= 0.3 is 0 Å². The van der Waals surface area contributed by atoms with E-state index in [-0.39, 0.29) is 11.3 Å². The molecular formula is C22H24N4O4S. The molecule has 9 heteroatoms. The van der Waals surface area contributed by atoms with Gasteiger partial charge in [-0.05, 0) is 37.1 Å². The van der Waals surface area contributed by atoms with Gasteiger partial charge in [-0.15, -0.1) is 11.3 Å². The molecule has 0 unspecified atom stereocenters. The van der Waals surface area contributed by atoms with Gasteiger partial charge in [-0.2, -0.15) is 0 Å². The fourth-order valence-corrected chi connectivity index (χ4v) is 5.45. The Bertz CT molecular complexity index is 1170. The van der Waals surface area contributed by atoms with Crippen LogP contribution in [0.3, 0.4) is 0 Å². The Morgan fingerprint density at radius 1 is 1.19 bits per heavy atom. The lowest BCUT2D eigenvalue weighted by atomic mass is 9.89. The highest BCUT2D eigenvalue weighted by Gasteiger charge is 2.33. The predicted molar refractivity (Wildman–Crippen MR) is 122 cm³/mol. The molecule has 5 rings (SSSR count). The monoisotopic (exact) mass is 440 g/mol. The Labute approximate surface area is 183 Å². The largest absolute Gasteiger partial charge is 0.397 e. The van der Waals surface area contributed by atoms with Crippen molar-refractivity contribution >= 4 is 38.7 Å². The maximum Gasteiger partial charge on any atom is 0.269 e. The third kappa shape index (κ3) is 3.52. The lowest BCUT2D eigenvalue weighted by molar-refractivity contribution is -0.384. The van der Waals surface area contributed by atoms with Crippen molar-refractivity contribution in [1.29, 1.82) is 0 Å². The number of thiophene rings is 1. The second kappa shape index (κ2) is 7.44. The average Bonchev–Trinajstić information content (AvgIpc) is 3.09. The summed E-state index contributed by atoms with van der Waals surface area (Å²) in [7, 11) is 0. The van der Waals surface area contributed by atoms with E-state index in [1.54, 1.807) is 12.1 Å². The molecule has 0 radical (unpaired) electrons. The smallest absolute Gasteiger partial charge is 0.269 e. The van der Waals surface area contributed by atoms with Gasteiger partial charge in [-0.25, -0.2) is 4.98 Å². The van der Waals surface area contributed by atoms with Crippen molar-refractivity contribution in [2.24, 2.45) is 0 Å². The second-order valence-corrected chi connectivity index (χ2v) is 9.55. The van der Waals surface area contributed by atoms with Gasteiger partial charge in [-0.1, -0.05) is 0 Å². The summed E-state index contributed by atoms with van der Waals surface area (Å²) < 4.78 is 11.7. The maximum atomic E-state index is 11.0. The van der Waals surface area contributed by atoms with Crippen LogP contribution in [-0.2, 0) is 22.5 Å². The molecule has 0 spiro atoms. The number of nitrogens with zero attached hydrogens (tertiary/aromatic N) is 3. The number of hydrogen-bond acceptors (Lipinski definition) is 8. The first kappa shape index (κ1) is 20.2. The van der Waals surface area contributed by atoms with Gasteiger partial charge in [0.25, 0.3) is 5.69 Å². The summed E-state index contributed by atoms with van der Waals surface area (Å²) in [5, 5.41) is 12.0. The maximum absolute atomic E-state index is 11.0. The fraction of sp³-hybridized carbons (Fsp3) is 0.409. The lowest BCUT2D eigenvalue weighted by Gasteiger charge is -2.36. The lowest BCUT2D eigenvalue weighted by Crippen LogP contribution is -2.39. The molecule has 1 saturated heterocycles. The zero-order valence-electron chi connectivity index (χ0n) is 17.5. The number of anilines is 2. The van der Waals surface area contributed by atoms with Crippen LogP contribution in [0.4, 0.5) is 17.2 Å². The standard InChI is InChI=1S/C22H24N4O4S/c1-22(2)11-15-16(12-30-22)20(25-7-9-29-10-8-25)24-21-17(15)18(23)19(31-21)13-3-5-14(6-4-13)26(27)28/h3-6H,7-12,23H2,1-2H3. The van der Waals surface area contributed by atoms with Crippen LogP contribution in [0.25, 0.3) is 20.7 Å². The van der Waals surface area contributed by atoms with Gasteiger partial charge in [0.2, 0.25) is 0 Å². The SMILES string of the molecule is CC1(C)Cc2c(c(N3CCOCC3)nc3sc(-c4ccc([N+](=O)[O-])cc4)c(N)c23)CO1. The second-order valence-electron chi connectivity index (χ2n) is 8.55. The molecule has 2 aliphatic heterocycles. The summed E-state index contributed by atoms with van der Waals surface area (Å²) in [6.07, 6.45) is 0.749. The molecule has 1 aromatic carbocycles. The van der Waals surface area contributed by atoms with Gasteiger partial charge < -0.3 is 20.1 Å². The normalized spacial score (nSPS) is 18.2. The van der Waals surface area contributed by atoms with E-state index in [9.17, 15) is 10.1 Å². The number of nitro groups is 1. The number of ether oxygens (including phenoxy) is 2. The summed E-state index contributed by atoms with van der Waals surface area (Å²) in [4.78, 5) is 19.7. The van der Waals surface area contributed by atoms with E-state index in [0.717, 1.165) is 51.5 Å². The van der Waals surface area contributed by atoms with Crippen LogP contribution in [0, 0.1) is 10.1 Å². The molecule has 0 aliphatic carbocycles. The zero-order chi connectivity index (χ0) is 21.8. The van der Waals surface area contributed by atoms with E-state index in [2.05, 4.69) is 18.7 Å². The van der Waals surface area contributed by atoms with Crippen LogP contribution >= 0.6 is 11.3 Å². The Morgan fingerprint density at radius 3 is 2.58 bits per heavy atom. The number of pyridine rings is 1. The number of fused-ring (bicyclic) bond motifs is 3. The quantitative estimate of drug-likeness (QED) is 0.482. The molecule has 0 amide bonds. The number of nitro benzene ring substituents is 1. The first-order valence-electron chi connectivity index (χ1n) is 10.3. The van der Waals surface area contributed by atoms with Crippen molar-refractivity contribution in [2.45, 2.75) is 32.5 Å². The van der Waals surface area contributed by atoms with Crippen LogP contribution in [0.15, 0.2) is 24.3 Å². The van der Waals surface area contributed by atoms with Crippen LogP contribution in [0.1, 0.15) is 25.0 Å². The van der Waals surface area contributed by atoms with E-state index < -0.39 is 4.92 Å². The number of nitrogens with two attached hydrogens (primary N) is 1. The average molecular weight is 441 g/mol. The van der Waals surface area contributed by atoms with Crippen LogP contribution in [0.2, 0.25) is 0 Å². The van der Waals surface area contributed by atoms with E-state index >= 15 is 0 Å². The minimum absolute atomic E-state index is 0.0624. The van der Waals surface area contributed by atoms with E-state index in [1.165, 1.54) is 29.0 Å². The zero-order valence-corrected chi connectivity index (χ0v) is 18.3. The molecule has 0 saturated carbocycles. The number of hydrogen-bond donors (Lipinski definition) is 1. The highest BCUT2D eigenvalue weighted by atomic mass is 32.1. The van der Waals surface area contributed by atoms with Crippen LogP contribution < -0.4 is 10.6 Å². The number of nitrogen functional groups attached to an aromatic ring is 1. The summed E-state index contributed by atoms with van der Waals surface area (Å²) >= 11 is 1.54. The third-order valence-corrected chi connectivity index (χ3v) is 7.08. The minimum atomic E-state index is -0.396. The molecule has 2 N–H and O–H groups in total. The van der Waals surface area contributed by atoms with Gasteiger partial charge in [0.05, 0.1) is 40.9 Å². The number of non-ortho nitro benzene ring substituents is 1. The van der Waals surface area contributed by atoms with Crippen molar-refractivity contribution < 1.29 is 14.4 Å². The van der Waals surface area contributed by atoms with Crippen molar-refractivity contribution in [3.8, 4) is 10.4 Å². The van der Waals surface area contributed by atoms with Gasteiger partial charge in [0, 0.05) is 42.6 Å². The van der Waals surface area contributed by atoms with Crippen molar-refractivity contribution in [3.05, 3.63) is 45.5 Å². The molecular weight excluding hydrogens is 416 g/mol.